The minimum Gasteiger partial charge on any atom is -0.510 e. The molecule has 3 aromatic heterocycles. The van der Waals surface area contributed by atoms with Gasteiger partial charge in [0, 0.05) is 0 Å². The number of para-hydroxylation sites is 1. The maximum atomic E-state index is 10.8. The summed E-state index contributed by atoms with van der Waals surface area (Å²) >= 11 is 4.35. The van der Waals surface area contributed by atoms with Crippen molar-refractivity contribution in [3.05, 3.63) is 88.4 Å². The first-order valence-electron chi connectivity index (χ1n) is 10.0. The van der Waals surface area contributed by atoms with Crippen molar-refractivity contribution >= 4 is 50.2 Å². The minimum atomic E-state index is -0.0199. The molecule has 5 aromatic rings. The highest BCUT2D eigenvalue weighted by molar-refractivity contribution is 7.99. The van der Waals surface area contributed by atoms with E-state index in [1.54, 1.807) is 11.3 Å². The molecule has 0 saturated carbocycles. The Labute approximate surface area is 202 Å². The molecule has 0 atom stereocenters. The Hall–Kier alpha value is -3.45. The van der Waals surface area contributed by atoms with Crippen molar-refractivity contribution in [2.75, 3.05) is 5.75 Å². The number of hydrogen-bond donors (Lipinski definition) is 1. The molecule has 1 N–H and O–H groups in total. The Morgan fingerprint density at radius 2 is 1.85 bits per heavy atom. The van der Waals surface area contributed by atoms with E-state index in [0.717, 1.165) is 26.5 Å². The molecule has 33 heavy (non-hydrogen) atoms. The fourth-order valence-corrected chi connectivity index (χ4v) is 5.83. The second-order valence-electron chi connectivity index (χ2n) is 7.06. The smallest absolute Gasteiger partial charge is 0.192 e. The van der Waals surface area contributed by atoms with E-state index in [-0.39, 0.29) is 17.1 Å². The Morgan fingerprint density at radius 1 is 1.03 bits per heavy atom. The van der Waals surface area contributed by atoms with Crippen LogP contribution in [0.25, 0.3) is 26.5 Å². The van der Waals surface area contributed by atoms with E-state index in [2.05, 4.69) is 33.4 Å². The molecule has 2 aromatic carbocycles. The standard InChI is InChI=1S/C24H17N5OS3/c25-13-17(23-26-18-9-4-5-10-20(18)33-23)19(30)15-32-24-28-27-22(21-11-6-12-31-21)29(24)14-16-7-2-1-3-8-16/h1-12,30H,14-15H2/b19-17-. The van der Waals surface area contributed by atoms with Gasteiger partial charge in [0.25, 0.3) is 0 Å². The molecule has 0 radical (unpaired) electrons. The number of aromatic nitrogens is 4. The maximum Gasteiger partial charge on any atom is 0.192 e. The Bertz CT molecular complexity index is 1430. The van der Waals surface area contributed by atoms with Crippen molar-refractivity contribution in [3.63, 3.8) is 0 Å². The summed E-state index contributed by atoms with van der Waals surface area (Å²) in [7, 11) is 0. The summed E-state index contributed by atoms with van der Waals surface area (Å²) in [5.74, 6) is 0.955. The number of hydrogen-bond acceptors (Lipinski definition) is 8. The van der Waals surface area contributed by atoms with Crippen LogP contribution in [0, 0.1) is 11.3 Å². The summed E-state index contributed by atoms with van der Waals surface area (Å²) in [5, 5.41) is 32.5. The number of aliphatic hydroxyl groups excluding tert-OH is 1. The molecule has 0 aliphatic carbocycles. The van der Waals surface area contributed by atoms with Crippen molar-refractivity contribution in [1.82, 2.24) is 19.7 Å². The number of thiophene rings is 1. The summed E-state index contributed by atoms with van der Waals surface area (Å²) in [4.78, 5) is 5.53. The molecule has 0 saturated heterocycles. The third kappa shape index (κ3) is 4.54. The summed E-state index contributed by atoms with van der Waals surface area (Å²) in [5.41, 5.74) is 2.13. The lowest BCUT2D eigenvalue weighted by molar-refractivity contribution is 0.420. The second-order valence-corrected chi connectivity index (χ2v) is 9.98. The zero-order chi connectivity index (χ0) is 22.6. The van der Waals surface area contributed by atoms with Gasteiger partial charge in [0.1, 0.15) is 22.4 Å². The van der Waals surface area contributed by atoms with Gasteiger partial charge in [0.2, 0.25) is 0 Å². The molecule has 0 unspecified atom stereocenters. The number of thioether (sulfide) groups is 1. The maximum absolute atomic E-state index is 10.8. The number of rotatable bonds is 7. The molecule has 162 valence electrons. The van der Waals surface area contributed by atoms with Gasteiger partial charge >= 0.3 is 0 Å². The number of fused-ring (bicyclic) bond motifs is 1. The predicted octanol–water partition coefficient (Wildman–Crippen LogP) is 6.25. The number of benzene rings is 2. The van der Waals surface area contributed by atoms with E-state index in [1.165, 1.54) is 23.1 Å². The van der Waals surface area contributed by atoms with Crippen LogP contribution in [0.3, 0.4) is 0 Å². The van der Waals surface area contributed by atoms with Crippen LogP contribution in [-0.4, -0.2) is 30.6 Å². The number of allylic oxidation sites excluding steroid dienone is 1. The average molecular weight is 488 g/mol. The fourth-order valence-electron chi connectivity index (χ4n) is 3.31. The molecular weight excluding hydrogens is 470 g/mol. The number of aliphatic hydroxyl groups is 1. The van der Waals surface area contributed by atoms with Crippen LogP contribution in [0.5, 0.6) is 0 Å². The van der Waals surface area contributed by atoms with Gasteiger partial charge in [-0.1, -0.05) is 60.3 Å². The molecule has 0 bridgehead atoms. The van der Waals surface area contributed by atoms with Gasteiger partial charge < -0.3 is 5.11 Å². The van der Waals surface area contributed by atoms with Crippen LogP contribution in [0.1, 0.15) is 10.6 Å². The quantitative estimate of drug-likeness (QED) is 0.166. The normalized spacial score (nSPS) is 12.0. The summed E-state index contributed by atoms with van der Waals surface area (Å²) in [6, 6.07) is 23.9. The zero-order valence-corrected chi connectivity index (χ0v) is 19.7. The second kappa shape index (κ2) is 9.58. The molecule has 0 amide bonds. The van der Waals surface area contributed by atoms with Crippen LogP contribution in [0.2, 0.25) is 0 Å². The molecule has 0 aliphatic rings. The highest BCUT2D eigenvalue weighted by Gasteiger charge is 2.18. The van der Waals surface area contributed by atoms with E-state index >= 15 is 0 Å². The van der Waals surface area contributed by atoms with Crippen LogP contribution >= 0.6 is 34.4 Å². The highest BCUT2D eigenvalue weighted by atomic mass is 32.2. The summed E-state index contributed by atoms with van der Waals surface area (Å²) in [6.07, 6.45) is 0. The third-order valence-electron chi connectivity index (χ3n) is 4.89. The summed E-state index contributed by atoms with van der Waals surface area (Å²) in [6.45, 7) is 0.608. The van der Waals surface area contributed by atoms with Crippen molar-refractivity contribution in [1.29, 1.82) is 5.26 Å². The lowest BCUT2D eigenvalue weighted by Gasteiger charge is -2.10. The van der Waals surface area contributed by atoms with Gasteiger partial charge in [-0.2, -0.15) is 5.26 Å². The molecule has 6 nitrogen and oxygen atoms in total. The number of nitriles is 1. The van der Waals surface area contributed by atoms with E-state index in [1.807, 2.05) is 64.5 Å². The molecular formula is C24H17N5OS3. The van der Waals surface area contributed by atoms with Gasteiger partial charge in [-0.25, -0.2) is 4.98 Å². The van der Waals surface area contributed by atoms with E-state index < -0.39 is 0 Å². The Balaban J connectivity index is 1.44. The first-order chi connectivity index (χ1) is 16.2. The van der Waals surface area contributed by atoms with Crippen molar-refractivity contribution in [3.8, 4) is 16.8 Å². The Morgan fingerprint density at radius 3 is 2.61 bits per heavy atom. The van der Waals surface area contributed by atoms with Crippen molar-refractivity contribution in [2.24, 2.45) is 0 Å². The molecule has 0 fully saturated rings. The van der Waals surface area contributed by atoms with Crippen molar-refractivity contribution in [2.45, 2.75) is 11.7 Å². The van der Waals surface area contributed by atoms with E-state index in [4.69, 9.17) is 0 Å². The first-order valence-corrected chi connectivity index (χ1v) is 12.7. The van der Waals surface area contributed by atoms with Crippen LogP contribution in [0.15, 0.2) is 83.0 Å². The third-order valence-corrected chi connectivity index (χ3v) is 7.79. The lowest BCUT2D eigenvalue weighted by atomic mass is 10.2. The average Bonchev–Trinajstić information content (AvgIpc) is 3.59. The largest absolute Gasteiger partial charge is 0.510 e. The number of nitrogens with zero attached hydrogens (tertiary/aromatic N) is 5. The van der Waals surface area contributed by atoms with E-state index in [9.17, 15) is 10.4 Å². The first kappa shape index (κ1) is 21.4. The van der Waals surface area contributed by atoms with Gasteiger partial charge in [-0.3, -0.25) is 4.57 Å². The van der Waals surface area contributed by atoms with Crippen LogP contribution < -0.4 is 0 Å². The van der Waals surface area contributed by atoms with Crippen molar-refractivity contribution < 1.29 is 5.11 Å². The van der Waals surface area contributed by atoms with Crippen LogP contribution in [0.4, 0.5) is 0 Å². The van der Waals surface area contributed by atoms with Gasteiger partial charge in [-0.15, -0.1) is 32.9 Å². The molecule has 5 rings (SSSR count). The van der Waals surface area contributed by atoms with E-state index in [0.29, 0.717) is 16.7 Å². The van der Waals surface area contributed by atoms with Gasteiger partial charge in [-0.05, 0) is 29.1 Å². The number of thiazole rings is 1. The Kier molecular flexibility index (Phi) is 6.21. The molecule has 0 aliphatic heterocycles. The van der Waals surface area contributed by atoms with Gasteiger partial charge in [0.15, 0.2) is 11.0 Å². The lowest BCUT2D eigenvalue weighted by Crippen LogP contribution is -2.04. The monoisotopic (exact) mass is 487 g/mol. The van der Waals surface area contributed by atoms with Gasteiger partial charge in [0.05, 0.1) is 27.4 Å². The topological polar surface area (TPSA) is 87.6 Å². The minimum absolute atomic E-state index is 0.0199. The predicted molar refractivity (Wildman–Crippen MR) is 134 cm³/mol. The molecule has 3 heterocycles. The van der Waals surface area contributed by atoms with Crippen LogP contribution in [-0.2, 0) is 6.54 Å². The highest BCUT2D eigenvalue weighted by Crippen LogP contribution is 2.32. The summed E-state index contributed by atoms with van der Waals surface area (Å²) < 4.78 is 3.02. The SMILES string of the molecule is N#C/C(=C(/O)CSc1nnc(-c2cccs2)n1Cc1ccccc1)c1nc2ccccc2s1. The zero-order valence-electron chi connectivity index (χ0n) is 17.3. The molecule has 0 spiro atoms. The molecule has 9 heteroatoms. The fraction of sp³-hybridized carbons (Fsp3) is 0.0833.